The molecule has 0 saturated carbocycles. The van der Waals surface area contributed by atoms with E-state index in [4.69, 9.17) is 0 Å². The number of hydrogen-bond acceptors (Lipinski definition) is 3. The van der Waals surface area contributed by atoms with Gasteiger partial charge in [0.15, 0.2) is 5.65 Å². The van der Waals surface area contributed by atoms with Crippen LogP contribution in [-0.2, 0) is 0 Å². The summed E-state index contributed by atoms with van der Waals surface area (Å²) in [7, 11) is 1.84. The van der Waals surface area contributed by atoms with E-state index in [-0.39, 0.29) is 0 Å². The Morgan fingerprint density at radius 2 is 2.45 bits per heavy atom. The van der Waals surface area contributed by atoms with Gasteiger partial charge in [-0.05, 0) is 0 Å². The Kier molecular flexibility index (Phi) is 1.25. The lowest BCUT2D eigenvalue weighted by Crippen LogP contribution is -1.85. The van der Waals surface area contributed by atoms with Crippen molar-refractivity contribution in [2.45, 2.75) is 0 Å². The Morgan fingerprint density at radius 3 is 3.18 bits per heavy atom. The fourth-order valence-corrected chi connectivity index (χ4v) is 0.963. The number of fused-ring (bicyclic) bond motifs is 1. The van der Waals surface area contributed by atoms with E-state index in [2.05, 4.69) is 15.3 Å². The monoisotopic (exact) mass is 148 g/mol. The molecule has 0 aliphatic carbocycles. The van der Waals surface area contributed by atoms with Gasteiger partial charge in [-0.25, -0.2) is 4.98 Å². The van der Waals surface area contributed by atoms with Gasteiger partial charge in [0.2, 0.25) is 0 Å². The predicted octanol–water partition coefficient (Wildman–Crippen LogP) is 0.771. The van der Waals surface area contributed by atoms with E-state index in [9.17, 15) is 0 Å². The van der Waals surface area contributed by atoms with Crippen LogP contribution in [0.15, 0.2) is 24.8 Å². The van der Waals surface area contributed by atoms with Gasteiger partial charge in [-0.2, -0.15) is 0 Å². The molecule has 0 aromatic carbocycles. The number of hydrogen-bond donors (Lipinski definition) is 1. The van der Waals surface area contributed by atoms with E-state index < -0.39 is 0 Å². The van der Waals surface area contributed by atoms with Crippen LogP contribution < -0.4 is 5.32 Å². The van der Waals surface area contributed by atoms with Crippen LogP contribution in [0.5, 0.6) is 0 Å². The molecule has 0 aliphatic rings. The van der Waals surface area contributed by atoms with Crippen molar-refractivity contribution >= 4 is 11.5 Å². The maximum atomic E-state index is 4.22. The highest BCUT2D eigenvalue weighted by Gasteiger charge is 1.96. The number of anilines is 1. The van der Waals surface area contributed by atoms with E-state index >= 15 is 0 Å². The molecule has 2 aromatic rings. The van der Waals surface area contributed by atoms with Crippen molar-refractivity contribution in [3.8, 4) is 0 Å². The summed E-state index contributed by atoms with van der Waals surface area (Å²) < 4.78 is 1.92. The van der Waals surface area contributed by atoms with E-state index in [1.807, 2.05) is 23.8 Å². The van der Waals surface area contributed by atoms with Gasteiger partial charge < -0.3 is 9.72 Å². The minimum Gasteiger partial charge on any atom is -0.372 e. The Hall–Kier alpha value is -1.58. The third kappa shape index (κ3) is 0.920. The molecular formula is C7H8N4. The molecule has 0 spiro atoms. The molecular weight excluding hydrogens is 140 g/mol. The first-order valence-corrected chi connectivity index (χ1v) is 3.36. The first-order valence-electron chi connectivity index (χ1n) is 3.36. The molecule has 0 bridgehead atoms. The normalized spacial score (nSPS) is 10.3. The largest absolute Gasteiger partial charge is 0.372 e. The minimum absolute atomic E-state index is 0.858. The van der Waals surface area contributed by atoms with Crippen LogP contribution in [0.3, 0.4) is 0 Å². The van der Waals surface area contributed by atoms with Crippen molar-refractivity contribution in [2.75, 3.05) is 12.4 Å². The van der Waals surface area contributed by atoms with Gasteiger partial charge in [-0.15, -0.1) is 0 Å². The average molecular weight is 148 g/mol. The van der Waals surface area contributed by atoms with Gasteiger partial charge in [-0.3, -0.25) is 4.98 Å². The van der Waals surface area contributed by atoms with Crippen LogP contribution in [0.1, 0.15) is 0 Å². The summed E-state index contributed by atoms with van der Waals surface area (Å²) in [5.41, 5.74) is 0.858. The molecule has 4 nitrogen and oxygen atoms in total. The molecule has 0 aliphatic heterocycles. The molecule has 2 aromatic heterocycles. The second-order valence-electron chi connectivity index (χ2n) is 2.22. The highest BCUT2D eigenvalue weighted by atomic mass is 15.1. The molecule has 0 atom stereocenters. The summed E-state index contributed by atoms with van der Waals surface area (Å²) in [6.07, 6.45) is 7.23. The number of imidazole rings is 1. The lowest BCUT2D eigenvalue weighted by Gasteiger charge is -1.86. The van der Waals surface area contributed by atoms with Gasteiger partial charge >= 0.3 is 0 Å². The average Bonchev–Trinajstić information content (AvgIpc) is 2.46. The van der Waals surface area contributed by atoms with E-state index in [0.29, 0.717) is 0 Å². The van der Waals surface area contributed by atoms with Crippen molar-refractivity contribution in [3.05, 3.63) is 24.8 Å². The highest BCUT2D eigenvalue weighted by molar-refractivity contribution is 5.46. The van der Waals surface area contributed by atoms with Crippen molar-refractivity contribution in [1.82, 2.24) is 14.4 Å². The van der Waals surface area contributed by atoms with Crippen LogP contribution in [-0.4, -0.2) is 21.4 Å². The first kappa shape index (κ1) is 6.15. The summed E-state index contributed by atoms with van der Waals surface area (Å²) >= 11 is 0. The molecule has 11 heavy (non-hydrogen) atoms. The van der Waals surface area contributed by atoms with E-state index in [0.717, 1.165) is 11.5 Å². The molecule has 0 fully saturated rings. The van der Waals surface area contributed by atoms with Crippen molar-refractivity contribution < 1.29 is 0 Å². The highest BCUT2D eigenvalue weighted by Crippen LogP contribution is 2.05. The third-order valence-electron chi connectivity index (χ3n) is 1.52. The fraction of sp³-hybridized carbons (Fsp3) is 0.143. The summed E-state index contributed by atoms with van der Waals surface area (Å²) in [5.74, 6) is 0.859. The van der Waals surface area contributed by atoms with Gasteiger partial charge in [0.25, 0.3) is 0 Å². The zero-order valence-electron chi connectivity index (χ0n) is 6.15. The molecule has 0 unspecified atom stereocenters. The Balaban J connectivity index is 2.69. The van der Waals surface area contributed by atoms with Gasteiger partial charge in [0.05, 0.1) is 12.4 Å². The van der Waals surface area contributed by atoms with Crippen LogP contribution in [0.2, 0.25) is 0 Å². The van der Waals surface area contributed by atoms with Crippen LogP contribution in [0, 0.1) is 0 Å². The zero-order valence-corrected chi connectivity index (χ0v) is 6.15. The number of nitrogens with one attached hydrogen (secondary N) is 1. The summed E-state index contributed by atoms with van der Waals surface area (Å²) in [5, 5.41) is 2.96. The molecule has 4 heteroatoms. The standard InChI is InChI=1S/C7H8N4/c1-8-6-5-11-3-2-9-4-7(11)10-6/h2-5,8H,1H3. The minimum atomic E-state index is 0.858. The van der Waals surface area contributed by atoms with Crippen LogP contribution >= 0.6 is 0 Å². The molecule has 2 heterocycles. The quantitative estimate of drug-likeness (QED) is 0.649. The molecule has 56 valence electrons. The molecule has 0 radical (unpaired) electrons. The molecule has 0 amide bonds. The van der Waals surface area contributed by atoms with Crippen LogP contribution in [0.25, 0.3) is 5.65 Å². The third-order valence-corrected chi connectivity index (χ3v) is 1.52. The van der Waals surface area contributed by atoms with Gasteiger partial charge in [0.1, 0.15) is 5.82 Å². The number of nitrogens with zero attached hydrogens (tertiary/aromatic N) is 3. The summed E-state index contributed by atoms with van der Waals surface area (Å²) in [6.45, 7) is 0. The second-order valence-corrected chi connectivity index (χ2v) is 2.22. The summed E-state index contributed by atoms with van der Waals surface area (Å²) in [6, 6.07) is 0. The fourth-order valence-electron chi connectivity index (χ4n) is 0.963. The molecule has 1 N–H and O–H groups in total. The second kappa shape index (κ2) is 2.23. The topological polar surface area (TPSA) is 42.2 Å². The SMILES string of the molecule is CNc1cn2ccncc2n1. The smallest absolute Gasteiger partial charge is 0.157 e. The van der Waals surface area contributed by atoms with Crippen molar-refractivity contribution in [2.24, 2.45) is 0 Å². The lowest BCUT2D eigenvalue weighted by molar-refractivity contribution is 1.13. The van der Waals surface area contributed by atoms with E-state index in [1.165, 1.54) is 0 Å². The van der Waals surface area contributed by atoms with Crippen molar-refractivity contribution in [3.63, 3.8) is 0 Å². The Morgan fingerprint density at radius 1 is 1.55 bits per heavy atom. The van der Waals surface area contributed by atoms with E-state index in [1.54, 1.807) is 12.4 Å². The molecule has 0 saturated heterocycles. The zero-order chi connectivity index (χ0) is 7.68. The van der Waals surface area contributed by atoms with Crippen LogP contribution in [0.4, 0.5) is 5.82 Å². The maximum absolute atomic E-state index is 4.22. The first-order chi connectivity index (χ1) is 5.40. The van der Waals surface area contributed by atoms with Crippen molar-refractivity contribution in [1.29, 1.82) is 0 Å². The Bertz CT molecular complexity index is 332. The lowest BCUT2D eigenvalue weighted by atomic mass is 10.7. The van der Waals surface area contributed by atoms with Gasteiger partial charge in [-0.1, -0.05) is 0 Å². The predicted molar refractivity (Wildman–Crippen MR) is 42.5 cm³/mol. The summed E-state index contributed by atoms with van der Waals surface area (Å²) in [4.78, 5) is 8.17. The maximum Gasteiger partial charge on any atom is 0.157 e. The Labute approximate surface area is 63.9 Å². The van der Waals surface area contributed by atoms with Gasteiger partial charge in [0, 0.05) is 19.4 Å². The molecule has 2 rings (SSSR count). The number of rotatable bonds is 1. The number of aromatic nitrogens is 3.